The Bertz CT molecular complexity index is 1020. The van der Waals surface area contributed by atoms with Gasteiger partial charge in [-0.3, -0.25) is 14.4 Å². The number of hydrogen-bond acceptors (Lipinski definition) is 4. The molecule has 0 saturated heterocycles. The van der Waals surface area contributed by atoms with E-state index in [9.17, 15) is 14.4 Å². The third kappa shape index (κ3) is 2.48. The van der Waals surface area contributed by atoms with E-state index in [1.54, 1.807) is 31.4 Å². The molecule has 4 heteroatoms. The zero-order valence-electron chi connectivity index (χ0n) is 16.2. The fraction of sp³-hybridized carbons (Fsp3) is 0.292. The molecule has 0 fully saturated rings. The first kappa shape index (κ1) is 18.4. The van der Waals surface area contributed by atoms with Crippen LogP contribution in [0.2, 0.25) is 0 Å². The van der Waals surface area contributed by atoms with Crippen LogP contribution in [-0.4, -0.2) is 24.5 Å². The van der Waals surface area contributed by atoms with Crippen molar-refractivity contribution in [3.05, 3.63) is 77.4 Å². The molecule has 0 amide bonds. The van der Waals surface area contributed by atoms with Crippen molar-refractivity contribution in [3.63, 3.8) is 0 Å². The summed E-state index contributed by atoms with van der Waals surface area (Å²) in [5, 5.41) is 0. The number of Topliss-reactive ketones (excluding diaryl/α,β-unsaturated/α-hetero) is 2. The van der Waals surface area contributed by atoms with Gasteiger partial charge in [-0.25, -0.2) is 0 Å². The van der Waals surface area contributed by atoms with E-state index in [0.717, 1.165) is 11.1 Å². The van der Waals surface area contributed by atoms with E-state index in [1.807, 2.05) is 50.2 Å². The van der Waals surface area contributed by atoms with Crippen LogP contribution in [0.25, 0.3) is 0 Å². The van der Waals surface area contributed by atoms with Gasteiger partial charge in [0.05, 0.1) is 13.0 Å². The predicted octanol–water partition coefficient (Wildman–Crippen LogP) is 3.72. The van der Waals surface area contributed by atoms with Gasteiger partial charge in [0.25, 0.3) is 0 Å². The molecule has 2 aromatic carbocycles. The lowest BCUT2D eigenvalue weighted by Gasteiger charge is -2.50. The second-order valence-electron chi connectivity index (χ2n) is 8.10. The zero-order chi connectivity index (χ0) is 20.1. The minimum absolute atomic E-state index is 0.119. The van der Waals surface area contributed by atoms with Crippen molar-refractivity contribution in [2.75, 3.05) is 7.11 Å². The van der Waals surface area contributed by atoms with E-state index in [2.05, 4.69) is 0 Å². The topological polar surface area (TPSA) is 60.4 Å². The van der Waals surface area contributed by atoms with E-state index in [4.69, 9.17) is 4.74 Å². The molecule has 2 aliphatic carbocycles. The molecule has 3 atom stereocenters. The van der Waals surface area contributed by atoms with Crippen molar-refractivity contribution in [2.45, 2.75) is 25.7 Å². The molecule has 0 saturated carbocycles. The molecule has 4 nitrogen and oxygen atoms in total. The number of rotatable bonds is 3. The molecule has 0 bridgehead atoms. The number of carbonyl (C=O) groups excluding carboxylic acids is 3. The first-order valence-corrected chi connectivity index (χ1v) is 9.36. The first-order chi connectivity index (χ1) is 13.3. The standard InChI is InChI=1S/C24H22O4/c1-23-12-11-19(25)24(2,14-15-7-5-4-6-8-15)22(23)21(27)20(26)17-10-9-16(28-3)13-18(17)23/h4-13,22H,14H2,1-3H3/t22?,23-,24-/m0/s1. The van der Waals surface area contributed by atoms with Crippen LogP contribution >= 0.6 is 0 Å². The third-order valence-electron chi connectivity index (χ3n) is 6.33. The molecular formula is C24H22O4. The van der Waals surface area contributed by atoms with Crippen LogP contribution < -0.4 is 4.74 Å². The van der Waals surface area contributed by atoms with Crippen molar-refractivity contribution in [2.24, 2.45) is 11.3 Å². The number of methoxy groups -OCH3 is 1. The van der Waals surface area contributed by atoms with E-state index < -0.39 is 28.3 Å². The number of benzene rings is 2. The van der Waals surface area contributed by atoms with Gasteiger partial charge in [-0.15, -0.1) is 0 Å². The summed E-state index contributed by atoms with van der Waals surface area (Å²) in [5.74, 6) is -1.27. The molecule has 0 aromatic heterocycles. The Kier molecular flexibility index (Phi) is 4.11. The maximum atomic E-state index is 13.3. The molecule has 0 spiro atoms. The van der Waals surface area contributed by atoms with Crippen LogP contribution in [0.15, 0.2) is 60.7 Å². The van der Waals surface area contributed by atoms with Gasteiger partial charge in [-0.2, -0.15) is 0 Å². The van der Waals surface area contributed by atoms with Crippen molar-refractivity contribution in [1.29, 1.82) is 0 Å². The summed E-state index contributed by atoms with van der Waals surface area (Å²) in [7, 11) is 1.57. The number of carbonyl (C=O) groups is 3. The Hall–Kier alpha value is -3.01. The molecule has 0 N–H and O–H groups in total. The van der Waals surface area contributed by atoms with Gasteiger partial charge < -0.3 is 4.74 Å². The third-order valence-corrected chi connectivity index (χ3v) is 6.33. The minimum Gasteiger partial charge on any atom is -0.497 e. The molecule has 0 aliphatic heterocycles. The van der Waals surface area contributed by atoms with Crippen LogP contribution in [0, 0.1) is 11.3 Å². The maximum Gasteiger partial charge on any atom is 0.229 e. The lowest BCUT2D eigenvalue weighted by atomic mass is 9.50. The van der Waals surface area contributed by atoms with Crippen molar-refractivity contribution in [1.82, 2.24) is 0 Å². The summed E-state index contributed by atoms with van der Waals surface area (Å²) >= 11 is 0. The van der Waals surface area contributed by atoms with Crippen molar-refractivity contribution < 1.29 is 19.1 Å². The minimum atomic E-state index is -1.00. The molecule has 0 radical (unpaired) electrons. The highest BCUT2D eigenvalue weighted by atomic mass is 16.5. The first-order valence-electron chi connectivity index (χ1n) is 9.36. The van der Waals surface area contributed by atoms with Gasteiger partial charge >= 0.3 is 0 Å². The molecule has 1 unspecified atom stereocenters. The molecule has 0 heterocycles. The summed E-state index contributed by atoms with van der Waals surface area (Å²) < 4.78 is 5.35. The lowest BCUT2D eigenvalue weighted by molar-refractivity contribution is -0.137. The van der Waals surface area contributed by atoms with E-state index in [1.165, 1.54) is 0 Å². The number of ketones is 3. The second-order valence-corrected chi connectivity index (χ2v) is 8.10. The van der Waals surface area contributed by atoms with Gasteiger partial charge in [0, 0.05) is 16.4 Å². The van der Waals surface area contributed by atoms with Gasteiger partial charge in [0.15, 0.2) is 5.78 Å². The maximum absolute atomic E-state index is 13.3. The molecule has 142 valence electrons. The highest BCUT2D eigenvalue weighted by Crippen LogP contribution is 2.53. The fourth-order valence-corrected chi connectivity index (χ4v) is 4.91. The quantitative estimate of drug-likeness (QED) is 0.768. The highest BCUT2D eigenvalue weighted by molar-refractivity contribution is 6.46. The predicted molar refractivity (Wildman–Crippen MR) is 106 cm³/mol. The van der Waals surface area contributed by atoms with E-state index in [0.29, 0.717) is 17.7 Å². The van der Waals surface area contributed by atoms with Crippen molar-refractivity contribution >= 4 is 17.3 Å². The highest BCUT2D eigenvalue weighted by Gasteiger charge is 2.59. The normalized spacial score (nSPS) is 28.7. The van der Waals surface area contributed by atoms with Crippen molar-refractivity contribution in [3.8, 4) is 5.75 Å². The Morgan fingerprint density at radius 2 is 1.71 bits per heavy atom. The second kappa shape index (κ2) is 6.26. The van der Waals surface area contributed by atoms with Crippen LogP contribution in [0.1, 0.15) is 35.3 Å². The monoisotopic (exact) mass is 374 g/mol. The zero-order valence-corrected chi connectivity index (χ0v) is 16.2. The average molecular weight is 374 g/mol. The van der Waals surface area contributed by atoms with Crippen LogP contribution in [0.5, 0.6) is 5.75 Å². The van der Waals surface area contributed by atoms with Gasteiger partial charge in [-0.05, 0) is 41.8 Å². The number of fused-ring (bicyclic) bond motifs is 3. The van der Waals surface area contributed by atoms with Gasteiger partial charge in [-0.1, -0.05) is 50.3 Å². The van der Waals surface area contributed by atoms with Gasteiger partial charge in [0.1, 0.15) is 5.75 Å². The summed E-state index contributed by atoms with van der Waals surface area (Å²) in [6, 6.07) is 14.8. The Morgan fingerprint density at radius 1 is 1.00 bits per heavy atom. The number of ether oxygens (including phenoxy) is 1. The Morgan fingerprint density at radius 3 is 2.39 bits per heavy atom. The summed E-state index contributed by atoms with van der Waals surface area (Å²) in [5.41, 5.74) is 0.341. The van der Waals surface area contributed by atoms with Crippen LogP contribution in [-0.2, 0) is 21.4 Å². The SMILES string of the molecule is COc1ccc2c(c1)[C@]1(C)C=CC(=O)[C@](C)(Cc3ccccc3)C1C(=O)C2=O. The van der Waals surface area contributed by atoms with E-state index >= 15 is 0 Å². The van der Waals surface area contributed by atoms with Crippen LogP contribution in [0.4, 0.5) is 0 Å². The molecule has 4 rings (SSSR count). The summed E-state index contributed by atoms with van der Waals surface area (Å²) in [6.45, 7) is 3.75. The Labute approximate surface area is 164 Å². The fourth-order valence-electron chi connectivity index (χ4n) is 4.91. The Balaban J connectivity index is 1.92. The number of allylic oxidation sites excluding steroid dienone is 2. The van der Waals surface area contributed by atoms with Crippen LogP contribution in [0.3, 0.4) is 0 Å². The van der Waals surface area contributed by atoms with E-state index in [-0.39, 0.29) is 5.78 Å². The molecular weight excluding hydrogens is 352 g/mol. The summed E-state index contributed by atoms with van der Waals surface area (Å²) in [4.78, 5) is 39.2. The number of hydrogen-bond donors (Lipinski definition) is 0. The average Bonchev–Trinajstić information content (AvgIpc) is 2.70. The summed E-state index contributed by atoms with van der Waals surface area (Å²) in [6.07, 6.45) is 3.76. The molecule has 2 aromatic rings. The molecule has 28 heavy (non-hydrogen) atoms. The lowest BCUT2D eigenvalue weighted by Crippen LogP contribution is -2.57. The largest absolute Gasteiger partial charge is 0.497 e. The smallest absolute Gasteiger partial charge is 0.229 e. The molecule has 2 aliphatic rings. The van der Waals surface area contributed by atoms with Gasteiger partial charge in [0.2, 0.25) is 11.6 Å².